The molecule has 0 aliphatic rings. The molecule has 0 bridgehead atoms. The van der Waals surface area contributed by atoms with Crippen molar-refractivity contribution in [1.82, 2.24) is 10.6 Å². The van der Waals surface area contributed by atoms with Crippen LogP contribution in [-0.4, -0.2) is 25.1 Å². The van der Waals surface area contributed by atoms with Gasteiger partial charge >= 0.3 is 0 Å². The van der Waals surface area contributed by atoms with Crippen LogP contribution < -0.4 is 15.4 Å². The zero-order valence-corrected chi connectivity index (χ0v) is 13.8. The van der Waals surface area contributed by atoms with Crippen molar-refractivity contribution >= 4 is 5.91 Å². The number of nitrogens with one attached hydrogen (secondary N) is 2. The number of hydrogen-bond acceptors (Lipinski definition) is 3. The summed E-state index contributed by atoms with van der Waals surface area (Å²) in [4.78, 5) is 11.7. The Hall–Kier alpha value is -1.55. The van der Waals surface area contributed by atoms with Crippen molar-refractivity contribution in [2.75, 3.05) is 13.2 Å². The molecule has 1 amide bonds. The first-order valence-corrected chi connectivity index (χ1v) is 7.70. The van der Waals surface area contributed by atoms with Gasteiger partial charge in [-0.25, -0.2) is 0 Å². The molecule has 1 unspecified atom stereocenters. The fourth-order valence-corrected chi connectivity index (χ4v) is 2.10. The average Bonchev–Trinajstić information content (AvgIpc) is 2.42. The van der Waals surface area contributed by atoms with Crippen LogP contribution in [0.4, 0.5) is 0 Å². The van der Waals surface area contributed by atoms with Gasteiger partial charge < -0.3 is 15.4 Å². The fourth-order valence-electron chi connectivity index (χ4n) is 2.10. The molecule has 0 aromatic heterocycles. The zero-order chi connectivity index (χ0) is 15.8. The van der Waals surface area contributed by atoms with Gasteiger partial charge in [0.15, 0.2) is 6.61 Å². The van der Waals surface area contributed by atoms with Crippen molar-refractivity contribution in [2.24, 2.45) is 0 Å². The van der Waals surface area contributed by atoms with E-state index in [1.807, 2.05) is 26.8 Å². The lowest BCUT2D eigenvalue weighted by atomic mass is 10.0. The Morgan fingerprint density at radius 2 is 2.00 bits per heavy atom. The summed E-state index contributed by atoms with van der Waals surface area (Å²) < 4.78 is 5.73. The van der Waals surface area contributed by atoms with E-state index in [4.69, 9.17) is 4.74 Å². The molecule has 1 rings (SSSR count). The third kappa shape index (κ3) is 6.17. The summed E-state index contributed by atoms with van der Waals surface area (Å²) in [6.07, 6.45) is 1.09. The average molecular weight is 292 g/mol. The van der Waals surface area contributed by atoms with Crippen LogP contribution in [0.15, 0.2) is 18.2 Å². The highest BCUT2D eigenvalue weighted by atomic mass is 16.5. The first-order valence-electron chi connectivity index (χ1n) is 7.70. The quantitative estimate of drug-likeness (QED) is 0.774. The molecule has 0 saturated carbocycles. The van der Waals surface area contributed by atoms with E-state index >= 15 is 0 Å². The van der Waals surface area contributed by atoms with E-state index in [1.165, 1.54) is 0 Å². The van der Waals surface area contributed by atoms with Gasteiger partial charge in [0.1, 0.15) is 5.75 Å². The number of carbonyl (C=O) groups is 1. The van der Waals surface area contributed by atoms with E-state index in [2.05, 4.69) is 36.6 Å². The number of ether oxygens (including phenoxy) is 1. The van der Waals surface area contributed by atoms with E-state index in [1.54, 1.807) is 0 Å². The van der Waals surface area contributed by atoms with Gasteiger partial charge in [0.2, 0.25) is 0 Å². The van der Waals surface area contributed by atoms with Crippen molar-refractivity contribution in [3.63, 3.8) is 0 Å². The van der Waals surface area contributed by atoms with Gasteiger partial charge in [0.05, 0.1) is 0 Å². The van der Waals surface area contributed by atoms with Crippen LogP contribution in [0.2, 0.25) is 0 Å². The minimum absolute atomic E-state index is 0.0507. The molecule has 0 aliphatic carbocycles. The molecule has 1 aromatic rings. The van der Waals surface area contributed by atoms with Crippen LogP contribution in [0.1, 0.15) is 51.3 Å². The lowest BCUT2D eigenvalue weighted by Gasteiger charge is -2.19. The normalized spacial score (nSPS) is 12.3. The number of carbonyl (C=O) groups excluding carboxylic acids is 1. The van der Waals surface area contributed by atoms with E-state index in [9.17, 15) is 4.79 Å². The lowest BCUT2D eigenvalue weighted by molar-refractivity contribution is -0.123. The molecule has 1 atom stereocenters. The van der Waals surface area contributed by atoms with Crippen LogP contribution in [0, 0.1) is 6.92 Å². The van der Waals surface area contributed by atoms with Crippen molar-refractivity contribution in [3.05, 3.63) is 29.3 Å². The van der Waals surface area contributed by atoms with Gasteiger partial charge in [-0.05, 0) is 52.3 Å². The fraction of sp³-hybridized carbons (Fsp3) is 0.588. The Bertz CT molecular complexity index is 458. The molecular formula is C17H28N2O2. The standard InChI is InChI=1S/C17H28N2O2/c1-6-9-18-14(5)15-8-7-13(4)10-16(15)21-11-17(20)19-12(2)3/h7-8,10,12,14,18H,6,9,11H2,1-5H3,(H,19,20). The Morgan fingerprint density at radius 1 is 1.29 bits per heavy atom. The zero-order valence-electron chi connectivity index (χ0n) is 13.8. The molecule has 118 valence electrons. The predicted octanol–water partition coefficient (Wildman–Crippen LogP) is 2.96. The van der Waals surface area contributed by atoms with Crippen molar-refractivity contribution in [2.45, 2.75) is 53.1 Å². The maximum absolute atomic E-state index is 11.7. The summed E-state index contributed by atoms with van der Waals surface area (Å²) in [5, 5.41) is 6.28. The summed E-state index contributed by atoms with van der Waals surface area (Å²) in [7, 11) is 0. The molecule has 0 aliphatic heterocycles. The summed E-state index contributed by atoms with van der Waals surface area (Å²) in [6, 6.07) is 6.46. The summed E-state index contributed by atoms with van der Waals surface area (Å²) in [6.45, 7) is 11.2. The number of hydrogen-bond donors (Lipinski definition) is 2. The largest absolute Gasteiger partial charge is 0.483 e. The van der Waals surface area contributed by atoms with E-state index < -0.39 is 0 Å². The number of rotatable bonds is 8. The molecule has 4 nitrogen and oxygen atoms in total. The highest BCUT2D eigenvalue weighted by Crippen LogP contribution is 2.26. The van der Waals surface area contributed by atoms with Gasteiger partial charge in [-0.1, -0.05) is 19.1 Å². The second kappa shape index (κ2) is 8.67. The number of benzene rings is 1. The SMILES string of the molecule is CCCNC(C)c1ccc(C)cc1OCC(=O)NC(C)C. The van der Waals surface area contributed by atoms with E-state index in [-0.39, 0.29) is 24.6 Å². The molecule has 21 heavy (non-hydrogen) atoms. The second-order valence-electron chi connectivity index (χ2n) is 5.73. The van der Waals surface area contributed by atoms with Crippen molar-refractivity contribution in [3.8, 4) is 5.75 Å². The second-order valence-corrected chi connectivity index (χ2v) is 5.73. The maximum Gasteiger partial charge on any atom is 0.258 e. The van der Waals surface area contributed by atoms with Crippen LogP contribution in [0.3, 0.4) is 0 Å². The van der Waals surface area contributed by atoms with Crippen LogP contribution >= 0.6 is 0 Å². The molecule has 1 aromatic carbocycles. The molecule has 0 radical (unpaired) electrons. The van der Waals surface area contributed by atoms with Gasteiger partial charge in [-0.3, -0.25) is 4.79 Å². The Kier molecular flexibility index (Phi) is 7.23. The minimum Gasteiger partial charge on any atom is -0.483 e. The van der Waals surface area contributed by atoms with Gasteiger partial charge in [-0.15, -0.1) is 0 Å². The predicted molar refractivity (Wildman–Crippen MR) is 86.7 cm³/mol. The van der Waals surface area contributed by atoms with Crippen LogP contribution in [-0.2, 0) is 4.79 Å². The smallest absolute Gasteiger partial charge is 0.258 e. The molecule has 4 heteroatoms. The number of amides is 1. The maximum atomic E-state index is 11.7. The molecule has 0 saturated heterocycles. The summed E-state index contributed by atoms with van der Waals surface area (Å²) in [5.74, 6) is 0.691. The van der Waals surface area contributed by atoms with E-state index in [0.29, 0.717) is 0 Å². The minimum atomic E-state index is -0.0911. The first kappa shape index (κ1) is 17.5. The van der Waals surface area contributed by atoms with E-state index in [0.717, 1.165) is 29.8 Å². The monoisotopic (exact) mass is 292 g/mol. The topological polar surface area (TPSA) is 50.4 Å². The Labute approximate surface area is 128 Å². The molecular weight excluding hydrogens is 264 g/mol. The molecule has 0 spiro atoms. The highest BCUT2D eigenvalue weighted by Gasteiger charge is 2.13. The third-order valence-corrected chi connectivity index (χ3v) is 3.14. The molecule has 2 N–H and O–H groups in total. The van der Waals surface area contributed by atoms with Crippen LogP contribution in [0.25, 0.3) is 0 Å². The summed E-state index contributed by atoms with van der Waals surface area (Å²) >= 11 is 0. The number of aryl methyl sites for hydroxylation is 1. The van der Waals surface area contributed by atoms with Crippen molar-refractivity contribution in [1.29, 1.82) is 0 Å². The van der Waals surface area contributed by atoms with Gasteiger partial charge in [-0.2, -0.15) is 0 Å². The molecule has 0 fully saturated rings. The van der Waals surface area contributed by atoms with Gasteiger partial charge in [0.25, 0.3) is 5.91 Å². The summed E-state index contributed by atoms with van der Waals surface area (Å²) in [5.41, 5.74) is 2.21. The van der Waals surface area contributed by atoms with Gasteiger partial charge in [0, 0.05) is 17.6 Å². The third-order valence-electron chi connectivity index (χ3n) is 3.14. The van der Waals surface area contributed by atoms with Crippen LogP contribution in [0.5, 0.6) is 5.75 Å². The Balaban J connectivity index is 2.75. The highest BCUT2D eigenvalue weighted by molar-refractivity contribution is 5.77. The lowest BCUT2D eigenvalue weighted by Crippen LogP contribution is -2.34. The Morgan fingerprint density at radius 3 is 2.62 bits per heavy atom. The van der Waals surface area contributed by atoms with Crippen molar-refractivity contribution < 1.29 is 9.53 Å². The molecule has 0 heterocycles. The first-order chi connectivity index (χ1) is 9.93.